The van der Waals surface area contributed by atoms with Gasteiger partial charge in [0.1, 0.15) is 17.7 Å². The number of pyridine rings is 1. The lowest BCUT2D eigenvalue weighted by atomic mass is 10.2. The Morgan fingerprint density at radius 2 is 1.74 bits per heavy atom. The highest BCUT2D eigenvalue weighted by atomic mass is 19.1. The number of ether oxygens (including phenoxy) is 1. The summed E-state index contributed by atoms with van der Waals surface area (Å²) in [4.78, 5) is 28.6. The van der Waals surface area contributed by atoms with Gasteiger partial charge in [0.05, 0.1) is 23.0 Å². The van der Waals surface area contributed by atoms with Crippen molar-refractivity contribution in [3.63, 3.8) is 0 Å². The maximum atomic E-state index is 13.8. The summed E-state index contributed by atoms with van der Waals surface area (Å²) in [7, 11) is 1.30. The van der Waals surface area contributed by atoms with E-state index in [9.17, 15) is 24.6 Å². The summed E-state index contributed by atoms with van der Waals surface area (Å²) >= 11 is 0. The van der Waals surface area contributed by atoms with E-state index in [1.165, 1.54) is 25.4 Å². The van der Waals surface area contributed by atoms with Gasteiger partial charge in [0.15, 0.2) is 11.6 Å². The smallest absolute Gasteiger partial charge is 0.295 e. The minimum Gasteiger partial charge on any atom is -0.494 e. The van der Waals surface area contributed by atoms with Gasteiger partial charge in [-0.25, -0.2) is 9.37 Å². The second-order valence-corrected chi connectivity index (χ2v) is 5.84. The zero-order chi connectivity index (χ0) is 19.6. The Morgan fingerprint density at radius 3 is 2.26 bits per heavy atom. The minimum absolute atomic E-state index is 0.0601. The molecule has 3 rings (SSSR count). The molecule has 11 heteroatoms. The van der Waals surface area contributed by atoms with Gasteiger partial charge in [0.25, 0.3) is 11.4 Å². The molecule has 1 aliphatic rings. The zero-order valence-electron chi connectivity index (χ0n) is 14.4. The van der Waals surface area contributed by atoms with Crippen LogP contribution in [0.25, 0.3) is 0 Å². The topological polar surface area (TPSA) is 115 Å². The quantitative estimate of drug-likeness (QED) is 0.576. The van der Waals surface area contributed by atoms with Crippen molar-refractivity contribution < 1.29 is 19.0 Å². The molecule has 0 N–H and O–H groups in total. The van der Waals surface area contributed by atoms with Crippen molar-refractivity contribution in [3.8, 4) is 5.75 Å². The number of aromatic nitrogens is 1. The summed E-state index contributed by atoms with van der Waals surface area (Å²) in [5, 5.41) is 22.0. The van der Waals surface area contributed by atoms with Gasteiger partial charge in [0, 0.05) is 38.3 Å². The normalized spacial score (nSPS) is 14.1. The van der Waals surface area contributed by atoms with Gasteiger partial charge in [0.2, 0.25) is 0 Å². The number of hydrogen-bond donors (Lipinski definition) is 0. The Labute approximate surface area is 153 Å². The number of rotatable bonds is 5. The molecule has 2 aromatic rings. The summed E-state index contributed by atoms with van der Waals surface area (Å²) in [5.41, 5.74) is -0.129. The van der Waals surface area contributed by atoms with Crippen molar-refractivity contribution >= 4 is 22.9 Å². The molecule has 0 bridgehead atoms. The summed E-state index contributed by atoms with van der Waals surface area (Å²) < 4.78 is 18.8. The van der Waals surface area contributed by atoms with Crippen LogP contribution >= 0.6 is 0 Å². The van der Waals surface area contributed by atoms with Crippen molar-refractivity contribution in [3.05, 3.63) is 56.5 Å². The van der Waals surface area contributed by atoms with E-state index >= 15 is 0 Å². The van der Waals surface area contributed by atoms with E-state index in [4.69, 9.17) is 4.74 Å². The van der Waals surface area contributed by atoms with Crippen molar-refractivity contribution in [2.75, 3.05) is 43.1 Å². The SMILES string of the molecule is COc1cc(N2CCN(c3ccc([N+](=O)[O-])cn3)CC2)c([N+](=O)[O-])cc1F. The molecule has 27 heavy (non-hydrogen) atoms. The highest BCUT2D eigenvalue weighted by Gasteiger charge is 2.27. The number of benzene rings is 1. The molecular formula is C16H16FN5O5. The number of hydrogen-bond acceptors (Lipinski definition) is 8. The maximum Gasteiger partial charge on any atom is 0.295 e. The van der Waals surface area contributed by atoms with Crippen molar-refractivity contribution in [2.24, 2.45) is 0 Å². The number of nitro groups is 2. The first-order valence-corrected chi connectivity index (χ1v) is 8.03. The first kappa shape index (κ1) is 18.3. The van der Waals surface area contributed by atoms with Gasteiger partial charge < -0.3 is 14.5 Å². The van der Waals surface area contributed by atoms with Crippen molar-refractivity contribution in [1.82, 2.24) is 4.98 Å². The van der Waals surface area contributed by atoms with E-state index in [1.54, 1.807) is 11.0 Å². The van der Waals surface area contributed by atoms with Gasteiger partial charge in [-0.2, -0.15) is 0 Å². The Bertz CT molecular complexity index is 868. The second kappa shape index (κ2) is 7.40. The Balaban J connectivity index is 1.77. The molecule has 1 fully saturated rings. The number of halogens is 1. The summed E-state index contributed by atoms with van der Waals surface area (Å²) in [6.07, 6.45) is 1.19. The Kier molecular flexibility index (Phi) is 5.01. The Hall–Kier alpha value is -3.50. The van der Waals surface area contributed by atoms with E-state index < -0.39 is 15.7 Å². The monoisotopic (exact) mass is 377 g/mol. The van der Waals surface area contributed by atoms with Crippen LogP contribution in [-0.4, -0.2) is 48.1 Å². The molecular weight excluding hydrogens is 361 g/mol. The number of nitro benzene ring substituents is 1. The van der Waals surface area contributed by atoms with Crippen LogP contribution in [0.5, 0.6) is 5.75 Å². The van der Waals surface area contributed by atoms with E-state index in [-0.39, 0.29) is 22.8 Å². The number of methoxy groups -OCH3 is 1. The van der Waals surface area contributed by atoms with Crippen LogP contribution in [-0.2, 0) is 0 Å². The van der Waals surface area contributed by atoms with Crippen LogP contribution in [0, 0.1) is 26.0 Å². The molecule has 0 radical (unpaired) electrons. The van der Waals surface area contributed by atoms with Crippen LogP contribution in [0.15, 0.2) is 30.5 Å². The summed E-state index contributed by atoms with van der Waals surface area (Å²) in [6, 6.07) is 5.13. The molecule has 1 aliphatic heterocycles. The first-order chi connectivity index (χ1) is 12.9. The maximum absolute atomic E-state index is 13.8. The molecule has 1 aromatic carbocycles. The summed E-state index contributed by atoms with van der Waals surface area (Å²) in [6.45, 7) is 1.88. The Morgan fingerprint density at radius 1 is 1.07 bits per heavy atom. The predicted octanol–water partition coefficient (Wildman–Crippen LogP) is 2.37. The third-order valence-corrected chi connectivity index (χ3v) is 4.33. The van der Waals surface area contributed by atoms with Crippen LogP contribution in [0.1, 0.15) is 0 Å². The molecule has 2 heterocycles. The molecule has 0 aliphatic carbocycles. The van der Waals surface area contributed by atoms with Gasteiger partial charge in [-0.15, -0.1) is 0 Å². The molecule has 0 saturated carbocycles. The van der Waals surface area contributed by atoms with Gasteiger partial charge in [-0.3, -0.25) is 20.2 Å². The highest BCUT2D eigenvalue weighted by molar-refractivity contribution is 5.67. The van der Waals surface area contributed by atoms with Gasteiger partial charge in [-0.1, -0.05) is 0 Å². The lowest BCUT2D eigenvalue weighted by Crippen LogP contribution is -2.47. The number of piperazine rings is 1. The molecule has 0 atom stereocenters. The standard InChI is InChI=1S/C16H16FN5O5/c1-27-15-9-13(14(22(25)26)8-12(15)17)19-4-6-20(7-5-19)16-3-2-11(10-18-16)21(23)24/h2-3,8-10H,4-7H2,1H3. The largest absolute Gasteiger partial charge is 0.494 e. The molecule has 0 amide bonds. The van der Waals surface area contributed by atoms with Crippen LogP contribution in [0.3, 0.4) is 0 Å². The number of anilines is 2. The third kappa shape index (κ3) is 3.71. The molecule has 1 aromatic heterocycles. The average Bonchev–Trinajstić information content (AvgIpc) is 2.68. The molecule has 142 valence electrons. The van der Waals surface area contributed by atoms with E-state index in [2.05, 4.69) is 4.98 Å². The fraction of sp³-hybridized carbons (Fsp3) is 0.312. The van der Waals surface area contributed by atoms with E-state index in [0.717, 1.165) is 6.07 Å². The third-order valence-electron chi connectivity index (χ3n) is 4.33. The predicted molar refractivity (Wildman–Crippen MR) is 94.9 cm³/mol. The number of nitrogens with zero attached hydrogens (tertiary/aromatic N) is 5. The molecule has 0 unspecified atom stereocenters. The van der Waals surface area contributed by atoms with E-state index in [1.807, 2.05) is 4.90 Å². The highest BCUT2D eigenvalue weighted by Crippen LogP contribution is 2.35. The minimum atomic E-state index is -0.790. The molecule has 10 nitrogen and oxygen atoms in total. The summed E-state index contributed by atoms with van der Waals surface area (Å²) in [5.74, 6) is -0.261. The van der Waals surface area contributed by atoms with Crippen molar-refractivity contribution in [2.45, 2.75) is 0 Å². The van der Waals surface area contributed by atoms with Crippen molar-refractivity contribution in [1.29, 1.82) is 0 Å². The van der Waals surface area contributed by atoms with E-state index in [0.29, 0.717) is 32.0 Å². The zero-order valence-corrected chi connectivity index (χ0v) is 14.4. The lowest BCUT2D eigenvalue weighted by molar-refractivity contribution is -0.385. The van der Waals surface area contributed by atoms with Gasteiger partial charge in [-0.05, 0) is 6.07 Å². The van der Waals surface area contributed by atoms with Crippen LogP contribution < -0.4 is 14.5 Å². The second-order valence-electron chi connectivity index (χ2n) is 5.84. The average molecular weight is 377 g/mol. The fourth-order valence-electron chi connectivity index (χ4n) is 2.94. The molecule has 0 spiro atoms. The fourth-order valence-corrected chi connectivity index (χ4v) is 2.94. The lowest BCUT2D eigenvalue weighted by Gasteiger charge is -2.36. The first-order valence-electron chi connectivity index (χ1n) is 8.03. The van der Waals surface area contributed by atoms with Crippen LogP contribution in [0.4, 0.5) is 27.3 Å². The van der Waals surface area contributed by atoms with Crippen LogP contribution in [0.2, 0.25) is 0 Å². The van der Waals surface area contributed by atoms with Gasteiger partial charge >= 0.3 is 0 Å². The molecule has 1 saturated heterocycles.